The molecule has 3 heterocycles. The second-order valence-electron chi connectivity index (χ2n) is 6.71. The Morgan fingerprint density at radius 1 is 1.15 bits per heavy atom. The molecule has 0 spiro atoms. The normalized spacial score (nSPS) is 15.4. The fraction of sp³-hybridized carbons (Fsp3) is 0.300. The Bertz CT molecular complexity index is 905. The van der Waals surface area contributed by atoms with Gasteiger partial charge < -0.3 is 15.1 Å². The number of likely N-dealkylation sites (tertiary alicyclic amines) is 1. The van der Waals surface area contributed by atoms with Gasteiger partial charge in [0.2, 0.25) is 0 Å². The van der Waals surface area contributed by atoms with Crippen LogP contribution in [-0.2, 0) is 0 Å². The zero-order chi connectivity index (χ0) is 18.1. The third kappa shape index (κ3) is 3.15. The quantitative estimate of drug-likeness (QED) is 0.788. The standard InChI is InChI=1S/C20H22N4O2/c1-14-7-8-18(26-14)19-17(20(25)23-11-9-15(21)10-12-23)13-24(22-19)16-5-3-2-4-6-16/h2-8,13,15H,9-12,21H2,1H3. The van der Waals surface area contributed by atoms with Crippen molar-refractivity contribution in [3.8, 4) is 17.1 Å². The van der Waals surface area contributed by atoms with Gasteiger partial charge in [0.05, 0.1) is 11.3 Å². The number of nitrogens with zero attached hydrogens (tertiary/aromatic N) is 3. The summed E-state index contributed by atoms with van der Waals surface area (Å²) in [6.07, 6.45) is 3.45. The number of amides is 1. The molecule has 0 atom stereocenters. The van der Waals surface area contributed by atoms with Crippen molar-refractivity contribution in [1.82, 2.24) is 14.7 Å². The van der Waals surface area contributed by atoms with Crippen LogP contribution in [0.2, 0.25) is 0 Å². The Balaban J connectivity index is 1.74. The highest BCUT2D eigenvalue weighted by Gasteiger charge is 2.27. The number of benzene rings is 1. The second kappa shape index (κ2) is 6.80. The first-order valence-corrected chi connectivity index (χ1v) is 8.88. The van der Waals surface area contributed by atoms with Crippen LogP contribution in [0.25, 0.3) is 17.1 Å². The molecule has 134 valence electrons. The molecule has 4 rings (SSSR count). The minimum absolute atomic E-state index is 0.0249. The Hall–Kier alpha value is -2.86. The van der Waals surface area contributed by atoms with Gasteiger partial charge in [-0.25, -0.2) is 4.68 Å². The van der Waals surface area contributed by atoms with Gasteiger partial charge >= 0.3 is 0 Å². The van der Waals surface area contributed by atoms with Crippen molar-refractivity contribution in [2.75, 3.05) is 13.1 Å². The number of carbonyl (C=O) groups excluding carboxylic acids is 1. The predicted octanol–water partition coefficient (Wildman–Crippen LogP) is 3.00. The zero-order valence-corrected chi connectivity index (χ0v) is 14.8. The molecule has 6 heteroatoms. The number of hydrogen-bond donors (Lipinski definition) is 1. The molecule has 2 N–H and O–H groups in total. The van der Waals surface area contributed by atoms with Gasteiger partial charge in [0.25, 0.3) is 5.91 Å². The SMILES string of the molecule is Cc1ccc(-c2nn(-c3ccccc3)cc2C(=O)N2CCC(N)CC2)o1. The van der Waals surface area contributed by atoms with E-state index in [0.29, 0.717) is 30.1 Å². The van der Waals surface area contributed by atoms with Gasteiger partial charge in [0.1, 0.15) is 11.5 Å². The average molecular weight is 350 g/mol. The molecule has 3 aromatic rings. The first kappa shape index (κ1) is 16.6. The molecule has 1 saturated heterocycles. The van der Waals surface area contributed by atoms with Crippen molar-refractivity contribution in [3.63, 3.8) is 0 Å². The molecular formula is C20H22N4O2. The Labute approximate surface area is 152 Å². The smallest absolute Gasteiger partial charge is 0.257 e. The number of nitrogens with two attached hydrogens (primary N) is 1. The van der Waals surface area contributed by atoms with E-state index in [9.17, 15) is 4.79 Å². The fourth-order valence-corrected chi connectivity index (χ4v) is 3.26. The maximum absolute atomic E-state index is 13.1. The summed E-state index contributed by atoms with van der Waals surface area (Å²) in [5, 5.41) is 4.65. The van der Waals surface area contributed by atoms with Crippen LogP contribution in [0.5, 0.6) is 0 Å². The minimum Gasteiger partial charge on any atom is -0.460 e. The van der Waals surface area contributed by atoms with Gasteiger partial charge in [-0.15, -0.1) is 0 Å². The zero-order valence-electron chi connectivity index (χ0n) is 14.8. The fourth-order valence-electron chi connectivity index (χ4n) is 3.26. The molecule has 1 aliphatic rings. The summed E-state index contributed by atoms with van der Waals surface area (Å²) < 4.78 is 7.48. The summed E-state index contributed by atoms with van der Waals surface area (Å²) in [7, 11) is 0. The van der Waals surface area contributed by atoms with Crippen LogP contribution in [0.15, 0.2) is 53.1 Å². The van der Waals surface area contributed by atoms with Crippen LogP contribution in [0.1, 0.15) is 29.0 Å². The van der Waals surface area contributed by atoms with E-state index >= 15 is 0 Å². The molecule has 1 aromatic carbocycles. The molecule has 0 saturated carbocycles. The van der Waals surface area contributed by atoms with E-state index in [4.69, 9.17) is 10.2 Å². The highest BCUT2D eigenvalue weighted by atomic mass is 16.3. The molecule has 0 unspecified atom stereocenters. The van der Waals surface area contributed by atoms with Crippen LogP contribution < -0.4 is 5.73 Å². The lowest BCUT2D eigenvalue weighted by atomic mass is 10.0. The lowest BCUT2D eigenvalue weighted by Gasteiger charge is -2.30. The number of piperidine rings is 1. The van der Waals surface area contributed by atoms with E-state index in [2.05, 4.69) is 5.10 Å². The van der Waals surface area contributed by atoms with Gasteiger partial charge in [-0.05, 0) is 44.0 Å². The first-order valence-electron chi connectivity index (χ1n) is 8.88. The van der Waals surface area contributed by atoms with Crippen LogP contribution in [0.3, 0.4) is 0 Å². The molecule has 2 aromatic heterocycles. The number of aromatic nitrogens is 2. The van der Waals surface area contributed by atoms with E-state index in [1.165, 1.54) is 0 Å². The lowest BCUT2D eigenvalue weighted by Crippen LogP contribution is -2.42. The highest BCUT2D eigenvalue weighted by molar-refractivity contribution is 5.99. The number of furan rings is 1. The summed E-state index contributed by atoms with van der Waals surface area (Å²) in [5.74, 6) is 1.37. The summed E-state index contributed by atoms with van der Waals surface area (Å²) in [5.41, 5.74) is 8.00. The monoisotopic (exact) mass is 350 g/mol. The van der Waals surface area contributed by atoms with E-state index in [1.807, 2.05) is 54.3 Å². The maximum Gasteiger partial charge on any atom is 0.257 e. The topological polar surface area (TPSA) is 77.3 Å². The Morgan fingerprint density at radius 3 is 2.54 bits per heavy atom. The maximum atomic E-state index is 13.1. The predicted molar refractivity (Wildman–Crippen MR) is 99.1 cm³/mol. The number of para-hydroxylation sites is 1. The molecule has 6 nitrogen and oxygen atoms in total. The molecule has 1 amide bonds. The van der Waals surface area contributed by atoms with Crippen molar-refractivity contribution in [2.24, 2.45) is 5.73 Å². The third-order valence-corrected chi connectivity index (χ3v) is 4.77. The molecule has 26 heavy (non-hydrogen) atoms. The number of carbonyl (C=O) groups is 1. The van der Waals surface area contributed by atoms with Crippen LogP contribution in [-0.4, -0.2) is 39.7 Å². The van der Waals surface area contributed by atoms with E-state index < -0.39 is 0 Å². The average Bonchev–Trinajstić information content (AvgIpc) is 3.29. The van der Waals surface area contributed by atoms with Gasteiger partial charge in [0, 0.05) is 25.3 Å². The van der Waals surface area contributed by atoms with Crippen LogP contribution >= 0.6 is 0 Å². The van der Waals surface area contributed by atoms with E-state index in [1.54, 1.807) is 10.9 Å². The molecule has 0 radical (unpaired) electrons. The molecular weight excluding hydrogens is 328 g/mol. The van der Waals surface area contributed by atoms with Crippen molar-refractivity contribution in [2.45, 2.75) is 25.8 Å². The van der Waals surface area contributed by atoms with Gasteiger partial charge in [-0.2, -0.15) is 5.10 Å². The Kier molecular flexibility index (Phi) is 4.34. The second-order valence-corrected chi connectivity index (χ2v) is 6.71. The summed E-state index contributed by atoms with van der Waals surface area (Å²) >= 11 is 0. The summed E-state index contributed by atoms with van der Waals surface area (Å²) in [4.78, 5) is 15.0. The molecule has 1 fully saturated rings. The van der Waals surface area contributed by atoms with Crippen molar-refractivity contribution >= 4 is 5.91 Å². The molecule has 0 aliphatic carbocycles. The van der Waals surface area contributed by atoms with Gasteiger partial charge in [0.15, 0.2) is 5.76 Å². The molecule has 1 aliphatic heterocycles. The van der Waals surface area contributed by atoms with Crippen LogP contribution in [0.4, 0.5) is 0 Å². The summed E-state index contributed by atoms with van der Waals surface area (Å²) in [6.45, 7) is 3.23. The largest absolute Gasteiger partial charge is 0.460 e. The highest BCUT2D eigenvalue weighted by Crippen LogP contribution is 2.27. The number of rotatable bonds is 3. The Morgan fingerprint density at radius 2 is 1.88 bits per heavy atom. The van der Waals surface area contributed by atoms with Crippen molar-refractivity contribution in [1.29, 1.82) is 0 Å². The number of aryl methyl sites for hydroxylation is 1. The van der Waals surface area contributed by atoms with Crippen LogP contribution in [0, 0.1) is 6.92 Å². The van der Waals surface area contributed by atoms with Gasteiger partial charge in [-0.1, -0.05) is 18.2 Å². The van der Waals surface area contributed by atoms with E-state index in [-0.39, 0.29) is 11.9 Å². The first-order chi connectivity index (χ1) is 12.6. The number of hydrogen-bond acceptors (Lipinski definition) is 4. The molecule has 0 bridgehead atoms. The third-order valence-electron chi connectivity index (χ3n) is 4.77. The van der Waals surface area contributed by atoms with Crippen molar-refractivity contribution in [3.05, 3.63) is 60.0 Å². The van der Waals surface area contributed by atoms with E-state index in [0.717, 1.165) is 24.3 Å². The van der Waals surface area contributed by atoms with Crippen molar-refractivity contribution < 1.29 is 9.21 Å². The lowest BCUT2D eigenvalue weighted by molar-refractivity contribution is 0.0715. The minimum atomic E-state index is -0.0249. The summed E-state index contributed by atoms with van der Waals surface area (Å²) in [6, 6.07) is 13.7. The van der Waals surface area contributed by atoms with Gasteiger partial charge in [-0.3, -0.25) is 4.79 Å².